The van der Waals surface area contributed by atoms with E-state index in [-0.39, 0.29) is 5.92 Å². The van der Waals surface area contributed by atoms with Crippen LogP contribution in [0, 0.1) is 5.92 Å². The summed E-state index contributed by atoms with van der Waals surface area (Å²) in [6.45, 7) is 0.868. The fraction of sp³-hybridized carbons (Fsp3) is 0.391. The van der Waals surface area contributed by atoms with E-state index in [2.05, 4.69) is 37.2 Å². The second-order valence-electron chi connectivity index (χ2n) is 7.62. The summed E-state index contributed by atoms with van der Waals surface area (Å²) in [5.41, 5.74) is 2.41. The molecule has 2 nitrogen and oxygen atoms in total. The molecule has 2 aromatic carbocycles. The molecule has 0 amide bonds. The fourth-order valence-electron chi connectivity index (χ4n) is 4.08. The highest BCUT2D eigenvalue weighted by atomic mass is 35.5. The summed E-state index contributed by atoms with van der Waals surface area (Å²) in [6, 6.07) is 18.2. The van der Waals surface area contributed by atoms with Crippen LogP contribution in [0.25, 0.3) is 6.08 Å². The number of benzene rings is 2. The molecule has 0 saturated heterocycles. The molecule has 0 aliphatic heterocycles. The van der Waals surface area contributed by atoms with Gasteiger partial charge in [-0.1, -0.05) is 66.2 Å². The predicted octanol–water partition coefficient (Wildman–Crippen LogP) is 5.06. The molecular formula is C23H28ClNO. The van der Waals surface area contributed by atoms with Gasteiger partial charge in [0.05, 0.1) is 5.60 Å². The average Bonchev–Trinajstić information content (AvgIpc) is 2.61. The maximum absolute atomic E-state index is 11.9. The van der Waals surface area contributed by atoms with Crippen LogP contribution >= 0.6 is 11.6 Å². The molecule has 1 N–H and O–H groups in total. The molecule has 3 rings (SSSR count). The molecule has 26 heavy (non-hydrogen) atoms. The van der Waals surface area contributed by atoms with Crippen LogP contribution in [-0.2, 0) is 6.42 Å². The largest absolute Gasteiger partial charge is 0.385 e. The van der Waals surface area contributed by atoms with Gasteiger partial charge in [0.25, 0.3) is 0 Å². The van der Waals surface area contributed by atoms with E-state index in [1.165, 1.54) is 0 Å². The molecule has 1 fully saturated rings. The lowest BCUT2D eigenvalue weighted by Gasteiger charge is -2.44. The van der Waals surface area contributed by atoms with E-state index in [0.29, 0.717) is 6.42 Å². The molecule has 0 bridgehead atoms. The normalized spacial score (nSPS) is 25.0. The van der Waals surface area contributed by atoms with E-state index in [4.69, 9.17) is 11.6 Å². The smallest absolute Gasteiger partial charge is 0.0940 e. The Morgan fingerprint density at radius 1 is 1.12 bits per heavy atom. The summed E-state index contributed by atoms with van der Waals surface area (Å²) in [5.74, 6) is 0.192. The molecule has 1 saturated carbocycles. The van der Waals surface area contributed by atoms with Crippen LogP contribution in [-0.4, -0.2) is 36.2 Å². The number of aliphatic hydroxyl groups is 1. The minimum Gasteiger partial charge on any atom is -0.385 e. The van der Waals surface area contributed by atoms with Gasteiger partial charge in [0, 0.05) is 23.9 Å². The van der Waals surface area contributed by atoms with Crippen molar-refractivity contribution in [3.63, 3.8) is 0 Å². The molecule has 138 valence electrons. The Morgan fingerprint density at radius 2 is 1.81 bits per heavy atom. The molecule has 1 aliphatic carbocycles. The maximum atomic E-state index is 11.9. The standard InChI is InChI=1S/C23H28ClNO/c1-25(2)17-21-13-8-12-20(15-18-9-4-3-5-10-18)23(21,26)16-19-11-6-7-14-22(19)24/h3-7,9-11,14-15,21,26H,8,12-13,16-17H2,1-2H3/b20-15+. The van der Waals surface area contributed by atoms with Gasteiger partial charge in [-0.2, -0.15) is 0 Å². The van der Waals surface area contributed by atoms with Crippen molar-refractivity contribution in [2.24, 2.45) is 5.92 Å². The van der Waals surface area contributed by atoms with Crippen molar-refractivity contribution in [1.29, 1.82) is 0 Å². The second-order valence-corrected chi connectivity index (χ2v) is 8.03. The molecule has 0 heterocycles. The number of hydrogen-bond donors (Lipinski definition) is 1. The van der Waals surface area contributed by atoms with Gasteiger partial charge >= 0.3 is 0 Å². The monoisotopic (exact) mass is 369 g/mol. The summed E-state index contributed by atoms with van der Waals surface area (Å²) < 4.78 is 0. The summed E-state index contributed by atoms with van der Waals surface area (Å²) in [7, 11) is 4.15. The minimum atomic E-state index is -0.872. The van der Waals surface area contributed by atoms with E-state index in [9.17, 15) is 5.11 Å². The predicted molar refractivity (Wildman–Crippen MR) is 110 cm³/mol. The lowest BCUT2D eigenvalue weighted by molar-refractivity contribution is -0.0123. The van der Waals surface area contributed by atoms with Crippen molar-refractivity contribution in [2.75, 3.05) is 20.6 Å². The van der Waals surface area contributed by atoms with E-state index in [1.54, 1.807) is 0 Å². The average molecular weight is 370 g/mol. The van der Waals surface area contributed by atoms with E-state index in [0.717, 1.165) is 47.5 Å². The Hall–Kier alpha value is -1.61. The summed E-state index contributed by atoms with van der Waals surface area (Å²) in [6.07, 6.45) is 5.82. The van der Waals surface area contributed by atoms with Gasteiger partial charge in [-0.05, 0) is 56.1 Å². The van der Waals surface area contributed by atoms with Crippen LogP contribution in [0.2, 0.25) is 5.02 Å². The minimum absolute atomic E-state index is 0.192. The van der Waals surface area contributed by atoms with E-state index < -0.39 is 5.60 Å². The lowest BCUT2D eigenvalue weighted by atomic mass is 9.68. The fourth-order valence-corrected chi connectivity index (χ4v) is 4.28. The number of nitrogens with zero attached hydrogens (tertiary/aromatic N) is 1. The zero-order chi connectivity index (χ0) is 18.6. The first-order chi connectivity index (χ1) is 12.5. The van der Waals surface area contributed by atoms with Gasteiger partial charge in [-0.3, -0.25) is 0 Å². The first-order valence-electron chi connectivity index (χ1n) is 9.35. The highest BCUT2D eigenvalue weighted by Gasteiger charge is 2.43. The van der Waals surface area contributed by atoms with Crippen LogP contribution in [0.15, 0.2) is 60.2 Å². The summed E-state index contributed by atoms with van der Waals surface area (Å²) in [5, 5.41) is 12.7. The Kier molecular flexibility index (Phi) is 6.18. The topological polar surface area (TPSA) is 23.5 Å². The molecule has 3 heteroatoms. The third-order valence-corrected chi connectivity index (χ3v) is 5.74. The Labute approximate surface area is 162 Å². The molecule has 2 aromatic rings. The van der Waals surface area contributed by atoms with Gasteiger partial charge in [-0.25, -0.2) is 0 Å². The van der Waals surface area contributed by atoms with Crippen molar-refractivity contribution in [3.05, 3.63) is 76.3 Å². The molecule has 0 spiro atoms. The Morgan fingerprint density at radius 3 is 2.50 bits per heavy atom. The number of hydrogen-bond acceptors (Lipinski definition) is 2. The van der Waals surface area contributed by atoms with E-state index >= 15 is 0 Å². The van der Waals surface area contributed by atoms with Crippen molar-refractivity contribution >= 4 is 17.7 Å². The third kappa shape index (κ3) is 4.37. The highest BCUT2D eigenvalue weighted by Crippen LogP contribution is 2.42. The molecule has 2 atom stereocenters. The summed E-state index contributed by atoms with van der Waals surface area (Å²) >= 11 is 6.43. The maximum Gasteiger partial charge on any atom is 0.0940 e. The first-order valence-corrected chi connectivity index (χ1v) is 9.73. The zero-order valence-electron chi connectivity index (χ0n) is 15.7. The zero-order valence-corrected chi connectivity index (χ0v) is 16.4. The van der Waals surface area contributed by atoms with Crippen molar-refractivity contribution in [1.82, 2.24) is 4.90 Å². The third-order valence-electron chi connectivity index (χ3n) is 5.37. The van der Waals surface area contributed by atoms with Crippen molar-refractivity contribution in [3.8, 4) is 0 Å². The molecule has 0 radical (unpaired) electrons. The number of halogens is 1. The molecule has 1 aliphatic rings. The molecular weight excluding hydrogens is 342 g/mol. The van der Waals surface area contributed by atoms with Crippen molar-refractivity contribution < 1.29 is 5.11 Å². The lowest BCUT2D eigenvalue weighted by Crippen LogP contribution is -2.48. The Balaban J connectivity index is 2.01. The van der Waals surface area contributed by atoms with Gasteiger partial charge < -0.3 is 10.0 Å². The quantitative estimate of drug-likeness (QED) is 0.796. The Bertz CT molecular complexity index is 756. The number of rotatable bonds is 5. The first kappa shape index (κ1) is 19.2. The van der Waals surface area contributed by atoms with Crippen LogP contribution in [0.1, 0.15) is 30.4 Å². The SMILES string of the molecule is CN(C)CC1CCC/C(=C\c2ccccc2)C1(O)Cc1ccccc1Cl. The van der Waals surface area contributed by atoms with Gasteiger partial charge in [0.2, 0.25) is 0 Å². The molecule has 2 unspecified atom stereocenters. The van der Waals surface area contributed by atoms with Crippen LogP contribution < -0.4 is 0 Å². The second kappa shape index (κ2) is 8.39. The van der Waals surface area contributed by atoms with Gasteiger partial charge in [-0.15, -0.1) is 0 Å². The van der Waals surface area contributed by atoms with Crippen LogP contribution in [0.4, 0.5) is 0 Å². The van der Waals surface area contributed by atoms with Gasteiger partial charge in [0.1, 0.15) is 0 Å². The van der Waals surface area contributed by atoms with Crippen molar-refractivity contribution in [2.45, 2.75) is 31.3 Å². The summed E-state index contributed by atoms with van der Waals surface area (Å²) in [4.78, 5) is 2.17. The van der Waals surface area contributed by atoms with Gasteiger partial charge in [0.15, 0.2) is 0 Å². The highest BCUT2D eigenvalue weighted by molar-refractivity contribution is 6.31. The van der Waals surface area contributed by atoms with E-state index in [1.807, 2.05) is 42.5 Å². The van der Waals surface area contributed by atoms with Crippen LogP contribution in [0.3, 0.4) is 0 Å². The molecule has 0 aromatic heterocycles. The van der Waals surface area contributed by atoms with Crippen LogP contribution in [0.5, 0.6) is 0 Å².